The minimum Gasteiger partial charge on any atom is -0.371 e. The Balaban J connectivity index is 1.38. The summed E-state index contributed by atoms with van der Waals surface area (Å²) in [7, 11) is -1.76. The van der Waals surface area contributed by atoms with Crippen LogP contribution in [0, 0.1) is 0 Å². The molecule has 1 N–H and O–H groups in total. The first-order chi connectivity index (χ1) is 14.5. The summed E-state index contributed by atoms with van der Waals surface area (Å²) in [5.41, 5.74) is 2.89. The van der Waals surface area contributed by atoms with Crippen LogP contribution in [-0.2, 0) is 21.4 Å². The van der Waals surface area contributed by atoms with Gasteiger partial charge in [0.2, 0.25) is 5.91 Å². The molecule has 0 bridgehead atoms. The van der Waals surface area contributed by atoms with E-state index in [9.17, 15) is 13.2 Å². The van der Waals surface area contributed by atoms with Crippen LogP contribution in [0.25, 0.3) is 0 Å². The first-order valence-corrected chi connectivity index (χ1v) is 11.7. The molecule has 2 aromatic carbocycles. The maximum atomic E-state index is 12.6. The van der Waals surface area contributed by atoms with Crippen molar-refractivity contribution in [3.63, 3.8) is 0 Å². The van der Waals surface area contributed by atoms with Crippen molar-refractivity contribution in [1.82, 2.24) is 9.62 Å². The monoisotopic (exact) mass is 426 g/mol. The maximum absolute atomic E-state index is 12.6. The number of nitrogens with zero attached hydrogens (tertiary/aromatic N) is 3. The van der Waals surface area contributed by atoms with Gasteiger partial charge in [0, 0.05) is 44.4 Å². The van der Waals surface area contributed by atoms with E-state index in [1.165, 1.54) is 18.5 Å². The van der Waals surface area contributed by atoms with Crippen LogP contribution >= 0.6 is 0 Å². The molecule has 2 heterocycles. The van der Waals surface area contributed by atoms with Gasteiger partial charge < -0.3 is 9.80 Å². The zero-order valence-corrected chi connectivity index (χ0v) is 17.9. The van der Waals surface area contributed by atoms with Crippen molar-refractivity contribution >= 4 is 27.5 Å². The van der Waals surface area contributed by atoms with Crippen molar-refractivity contribution in [2.45, 2.75) is 30.7 Å². The van der Waals surface area contributed by atoms with Gasteiger partial charge >= 0.3 is 0 Å². The standard InChI is InChI=1S/C22H26N4O3S/c1-25(16-17-8-2-4-10-19(17)26-14-6-7-15-26)21(27)12-13-23-22-18-9-3-5-11-20(18)30(28,29)24-22/h2-5,8-11H,6-7,12-16H2,1H3,(H,23,24). The number of benzene rings is 2. The number of rotatable bonds is 6. The molecule has 0 atom stereocenters. The maximum Gasteiger partial charge on any atom is 0.263 e. The quantitative estimate of drug-likeness (QED) is 0.769. The molecule has 2 aromatic rings. The number of carbonyl (C=O) groups excluding carboxylic acids is 1. The van der Waals surface area contributed by atoms with E-state index in [2.05, 4.69) is 26.7 Å². The minimum absolute atomic E-state index is 0.0234. The molecule has 2 aliphatic heterocycles. The third-order valence-electron chi connectivity index (χ3n) is 5.53. The Morgan fingerprint density at radius 3 is 2.60 bits per heavy atom. The molecule has 1 amide bonds. The molecular weight excluding hydrogens is 400 g/mol. The van der Waals surface area contributed by atoms with Crippen LogP contribution in [0.4, 0.5) is 5.69 Å². The Kier molecular flexibility index (Phi) is 5.76. The fraction of sp³-hybridized carbons (Fsp3) is 0.364. The molecule has 0 saturated carbocycles. The first kappa shape index (κ1) is 20.4. The lowest BCUT2D eigenvalue weighted by Crippen LogP contribution is -2.28. The summed E-state index contributed by atoms with van der Waals surface area (Å²) in [6, 6.07) is 15.0. The van der Waals surface area contributed by atoms with Gasteiger partial charge in [-0.3, -0.25) is 14.5 Å². The van der Waals surface area contributed by atoms with Crippen LogP contribution in [0.5, 0.6) is 0 Å². The highest BCUT2D eigenvalue weighted by Gasteiger charge is 2.30. The van der Waals surface area contributed by atoms with Gasteiger partial charge in [-0.15, -0.1) is 0 Å². The Morgan fingerprint density at radius 2 is 1.80 bits per heavy atom. The Hall–Kier alpha value is -2.87. The molecule has 0 aliphatic carbocycles. The largest absolute Gasteiger partial charge is 0.371 e. The Labute approximate surface area is 177 Å². The summed E-state index contributed by atoms with van der Waals surface area (Å²) in [5, 5.41) is 0. The lowest BCUT2D eigenvalue weighted by Gasteiger charge is -2.24. The van der Waals surface area contributed by atoms with E-state index in [1.807, 2.05) is 12.1 Å². The second-order valence-electron chi connectivity index (χ2n) is 7.65. The third kappa shape index (κ3) is 4.18. The second-order valence-corrected chi connectivity index (χ2v) is 9.31. The lowest BCUT2D eigenvalue weighted by molar-refractivity contribution is -0.130. The van der Waals surface area contributed by atoms with Gasteiger partial charge in [-0.05, 0) is 36.6 Å². The normalized spacial score (nSPS) is 18.3. The predicted octanol–water partition coefficient (Wildman–Crippen LogP) is 2.37. The molecule has 1 fully saturated rings. The average Bonchev–Trinajstić information content (AvgIpc) is 3.35. The lowest BCUT2D eigenvalue weighted by atomic mass is 10.1. The molecule has 2 aliphatic rings. The summed E-state index contributed by atoms with van der Waals surface area (Å²) in [4.78, 5) is 21.3. The van der Waals surface area contributed by atoms with Gasteiger partial charge in [0.05, 0.1) is 11.4 Å². The van der Waals surface area contributed by atoms with Crippen LogP contribution in [0.1, 0.15) is 30.4 Å². The molecule has 0 unspecified atom stereocenters. The van der Waals surface area contributed by atoms with E-state index >= 15 is 0 Å². The van der Waals surface area contributed by atoms with Gasteiger partial charge in [0.15, 0.2) is 0 Å². The van der Waals surface area contributed by atoms with Crippen molar-refractivity contribution in [2.75, 3.05) is 31.6 Å². The zero-order chi connectivity index (χ0) is 21.1. The van der Waals surface area contributed by atoms with E-state index in [-0.39, 0.29) is 23.8 Å². The predicted molar refractivity (Wildman–Crippen MR) is 117 cm³/mol. The number of anilines is 1. The van der Waals surface area contributed by atoms with Crippen molar-refractivity contribution in [3.8, 4) is 0 Å². The molecule has 7 nitrogen and oxygen atoms in total. The number of hydrogen-bond donors (Lipinski definition) is 1. The average molecular weight is 427 g/mol. The SMILES string of the molecule is CN(Cc1ccccc1N1CCCC1)C(=O)CCN=C1NS(=O)(=O)c2ccccc21. The smallest absolute Gasteiger partial charge is 0.263 e. The number of hydrogen-bond acceptors (Lipinski definition) is 5. The van der Waals surface area contributed by atoms with Crippen molar-refractivity contribution < 1.29 is 13.2 Å². The van der Waals surface area contributed by atoms with Crippen molar-refractivity contribution in [2.24, 2.45) is 4.99 Å². The molecule has 0 radical (unpaired) electrons. The molecule has 0 aromatic heterocycles. The van der Waals surface area contributed by atoms with Gasteiger partial charge in [-0.25, -0.2) is 8.42 Å². The van der Waals surface area contributed by atoms with Crippen LogP contribution < -0.4 is 9.62 Å². The molecule has 4 rings (SSSR count). The highest BCUT2D eigenvalue weighted by molar-refractivity contribution is 7.90. The number of aliphatic imine (C=N–C) groups is 1. The number of carbonyl (C=O) groups is 1. The summed E-state index contributed by atoms with van der Waals surface area (Å²) < 4.78 is 26.8. The van der Waals surface area contributed by atoms with Crippen LogP contribution in [0.2, 0.25) is 0 Å². The Bertz CT molecular complexity index is 1080. The Morgan fingerprint density at radius 1 is 1.10 bits per heavy atom. The van der Waals surface area contributed by atoms with E-state index in [0.717, 1.165) is 18.7 Å². The molecule has 8 heteroatoms. The fourth-order valence-electron chi connectivity index (χ4n) is 3.96. The van der Waals surface area contributed by atoms with E-state index in [1.54, 1.807) is 36.2 Å². The summed E-state index contributed by atoms with van der Waals surface area (Å²) in [6.07, 6.45) is 2.63. The fourth-order valence-corrected chi connectivity index (χ4v) is 5.21. The van der Waals surface area contributed by atoms with Gasteiger partial charge in [0.1, 0.15) is 5.84 Å². The molecule has 30 heavy (non-hydrogen) atoms. The van der Waals surface area contributed by atoms with Gasteiger partial charge in [-0.1, -0.05) is 30.3 Å². The number of amidine groups is 1. The number of sulfonamides is 1. The molecule has 1 saturated heterocycles. The number of amides is 1. The van der Waals surface area contributed by atoms with Gasteiger partial charge in [0.25, 0.3) is 10.0 Å². The minimum atomic E-state index is -3.56. The molecular formula is C22H26N4O3S. The molecule has 158 valence electrons. The van der Waals surface area contributed by atoms with Crippen LogP contribution in [0.15, 0.2) is 58.4 Å². The topological polar surface area (TPSA) is 82.1 Å². The molecule has 0 spiro atoms. The highest BCUT2D eigenvalue weighted by Crippen LogP contribution is 2.25. The van der Waals surface area contributed by atoms with E-state index < -0.39 is 10.0 Å². The number of nitrogens with one attached hydrogen (secondary N) is 1. The second kappa shape index (κ2) is 8.47. The summed E-state index contributed by atoms with van der Waals surface area (Å²) >= 11 is 0. The number of fused-ring (bicyclic) bond motifs is 1. The van der Waals surface area contributed by atoms with E-state index in [0.29, 0.717) is 17.9 Å². The van der Waals surface area contributed by atoms with Crippen molar-refractivity contribution in [3.05, 3.63) is 59.7 Å². The zero-order valence-electron chi connectivity index (χ0n) is 17.0. The highest BCUT2D eigenvalue weighted by atomic mass is 32.2. The summed E-state index contributed by atoms with van der Waals surface area (Å²) in [5.74, 6) is 0.283. The van der Waals surface area contributed by atoms with Gasteiger partial charge in [-0.2, -0.15) is 0 Å². The van der Waals surface area contributed by atoms with Crippen LogP contribution in [-0.4, -0.2) is 51.7 Å². The first-order valence-electron chi connectivity index (χ1n) is 10.2. The number of para-hydroxylation sites is 1. The van der Waals surface area contributed by atoms with E-state index in [4.69, 9.17) is 0 Å². The van der Waals surface area contributed by atoms with Crippen molar-refractivity contribution in [1.29, 1.82) is 0 Å². The summed E-state index contributed by atoms with van der Waals surface area (Å²) in [6.45, 7) is 2.88. The third-order valence-corrected chi connectivity index (χ3v) is 6.93. The van der Waals surface area contributed by atoms with Crippen LogP contribution in [0.3, 0.4) is 0 Å².